The zero-order valence-electron chi connectivity index (χ0n) is 10.9. The quantitative estimate of drug-likeness (QED) is 0.542. The number of hydrogen-bond acceptors (Lipinski definition) is 2. The van der Waals surface area contributed by atoms with Crippen LogP contribution in [-0.4, -0.2) is 9.55 Å². The summed E-state index contributed by atoms with van der Waals surface area (Å²) in [5.41, 5.74) is 9.97. The third-order valence-corrected chi connectivity index (χ3v) is 4.45. The van der Waals surface area contributed by atoms with Crippen LogP contribution in [-0.2, 0) is 0 Å². The van der Waals surface area contributed by atoms with E-state index in [9.17, 15) is 0 Å². The fraction of sp³-hybridized carbons (Fsp3) is 0.188. The number of nitrogens with zero attached hydrogens (tertiary/aromatic N) is 2. The Kier molecular flexibility index (Phi) is 2.73. The lowest BCUT2D eigenvalue weighted by molar-refractivity contribution is 0.896. The van der Waals surface area contributed by atoms with E-state index in [1.807, 2.05) is 12.1 Å². The van der Waals surface area contributed by atoms with E-state index in [4.69, 9.17) is 10.7 Å². The van der Waals surface area contributed by atoms with Gasteiger partial charge >= 0.3 is 0 Å². The summed E-state index contributed by atoms with van der Waals surface area (Å²) in [6, 6.07) is 14.6. The highest BCUT2D eigenvalue weighted by Gasteiger charge is 2.30. The Morgan fingerprint density at radius 2 is 1.85 bits per heavy atom. The normalized spacial score (nSPS) is 14.8. The van der Waals surface area contributed by atoms with Gasteiger partial charge in [0.15, 0.2) is 0 Å². The number of imidazole rings is 1. The van der Waals surface area contributed by atoms with Gasteiger partial charge in [-0.2, -0.15) is 0 Å². The van der Waals surface area contributed by atoms with E-state index < -0.39 is 0 Å². The summed E-state index contributed by atoms with van der Waals surface area (Å²) < 4.78 is 3.52. The molecule has 0 spiro atoms. The van der Waals surface area contributed by atoms with Crippen molar-refractivity contribution in [2.75, 3.05) is 5.73 Å². The highest BCUT2D eigenvalue weighted by Crippen LogP contribution is 2.42. The van der Waals surface area contributed by atoms with Crippen molar-refractivity contribution in [1.29, 1.82) is 0 Å². The van der Waals surface area contributed by atoms with Gasteiger partial charge in [-0.3, -0.25) is 4.57 Å². The summed E-state index contributed by atoms with van der Waals surface area (Å²) in [5.74, 6) is 1.77. The van der Waals surface area contributed by atoms with Crippen LogP contribution in [0.4, 0.5) is 5.69 Å². The highest BCUT2D eigenvalue weighted by atomic mass is 127. The molecule has 2 N–H and O–H groups in total. The van der Waals surface area contributed by atoms with Gasteiger partial charge in [0.1, 0.15) is 5.82 Å². The van der Waals surface area contributed by atoms with Crippen LogP contribution in [0.3, 0.4) is 0 Å². The molecule has 0 aliphatic heterocycles. The molecule has 1 aliphatic carbocycles. The molecule has 3 nitrogen and oxygen atoms in total. The molecule has 20 heavy (non-hydrogen) atoms. The molecule has 0 unspecified atom stereocenters. The van der Waals surface area contributed by atoms with E-state index in [2.05, 4.69) is 57.5 Å². The molecule has 3 aromatic rings. The van der Waals surface area contributed by atoms with Crippen molar-refractivity contribution in [2.24, 2.45) is 0 Å². The molecule has 0 saturated heterocycles. The molecule has 2 aromatic carbocycles. The van der Waals surface area contributed by atoms with E-state index in [0.717, 1.165) is 16.7 Å². The fourth-order valence-corrected chi connectivity index (χ4v) is 2.95. The largest absolute Gasteiger partial charge is 0.399 e. The van der Waals surface area contributed by atoms with Crippen molar-refractivity contribution in [3.63, 3.8) is 0 Å². The van der Waals surface area contributed by atoms with Crippen molar-refractivity contribution >= 4 is 39.3 Å². The van der Waals surface area contributed by atoms with Crippen molar-refractivity contribution in [2.45, 2.75) is 18.8 Å². The van der Waals surface area contributed by atoms with E-state index in [1.54, 1.807) is 0 Å². The molecule has 1 aliphatic rings. The number of aromatic nitrogens is 2. The van der Waals surface area contributed by atoms with Gasteiger partial charge in [0.05, 0.1) is 11.0 Å². The fourth-order valence-electron chi connectivity index (χ4n) is 2.59. The zero-order valence-corrected chi connectivity index (χ0v) is 13.0. The van der Waals surface area contributed by atoms with Crippen molar-refractivity contribution < 1.29 is 0 Å². The highest BCUT2D eigenvalue weighted by molar-refractivity contribution is 14.1. The first-order valence-corrected chi connectivity index (χ1v) is 7.84. The molecule has 0 atom stereocenters. The minimum Gasteiger partial charge on any atom is -0.399 e. The molecule has 1 aromatic heterocycles. The van der Waals surface area contributed by atoms with E-state index in [0.29, 0.717) is 5.92 Å². The summed E-state index contributed by atoms with van der Waals surface area (Å²) in [7, 11) is 0. The van der Waals surface area contributed by atoms with Gasteiger partial charge in [-0.25, -0.2) is 4.98 Å². The van der Waals surface area contributed by atoms with Gasteiger partial charge in [0, 0.05) is 20.9 Å². The van der Waals surface area contributed by atoms with Crippen LogP contribution in [0.2, 0.25) is 0 Å². The van der Waals surface area contributed by atoms with Gasteiger partial charge in [-0.1, -0.05) is 0 Å². The molecule has 4 heteroatoms. The second kappa shape index (κ2) is 4.48. The molecule has 0 bridgehead atoms. The van der Waals surface area contributed by atoms with Crippen LogP contribution in [0, 0.1) is 3.57 Å². The van der Waals surface area contributed by atoms with E-state index in [1.165, 1.54) is 27.9 Å². The first-order valence-electron chi connectivity index (χ1n) is 6.76. The van der Waals surface area contributed by atoms with Crippen molar-refractivity contribution in [3.8, 4) is 5.69 Å². The minimum absolute atomic E-state index is 0.600. The lowest BCUT2D eigenvalue weighted by Gasteiger charge is -2.09. The van der Waals surface area contributed by atoms with E-state index in [-0.39, 0.29) is 0 Å². The third kappa shape index (κ3) is 1.98. The van der Waals surface area contributed by atoms with Crippen molar-refractivity contribution in [1.82, 2.24) is 9.55 Å². The average Bonchev–Trinajstić information content (AvgIpc) is 3.21. The first-order chi connectivity index (χ1) is 9.72. The van der Waals surface area contributed by atoms with Crippen LogP contribution < -0.4 is 5.73 Å². The Labute approximate surface area is 130 Å². The Morgan fingerprint density at radius 1 is 1.10 bits per heavy atom. The number of nitrogen functional groups attached to an aromatic ring is 1. The lowest BCUT2D eigenvalue weighted by atomic mass is 10.2. The number of nitrogens with two attached hydrogens (primary N) is 1. The van der Waals surface area contributed by atoms with Crippen molar-refractivity contribution in [3.05, 3.63) is 51.9 Å². The average molecular weight is 375 g/mol. The van der Waals surface area contributed by atoms with Crippen LogP contribution >= 0.6 is 22.6 Å². The second-order valence-electron chi connectivity index (χ2n) is 5.30. The summed E-state index contributed by atoms with van der Waals surface area (Å²) in [5, 5.41) is 0. The Balaban J connectivity index is 2.00. The number of anilines is 1. The second-order valence-corrected chi connectivity index (χ2v) is 6.55. The summed E-state index contributed by atoms with van der Waals surface area (Å²) in [6.45, 7) is 0. The minimum atomic E-state index is 0.600. The Morgan fingerprint density at radius 3 is 2.55 bits per heavy atom. The van der Waals surface area contributed by atoms with Gasteiger partial charge in [0.2, 0.25) is 0 Å². The topological polar surface area (TPSA) is 43.8 Å². The monoisotopic (exact) mass is 375 g/mol. The first kappa shape index (κ1) is 12.2. The van der Waals surface area contributed by atoms with Gasteiger partial charge < -0.3 is 5.73 Å². The lowest BCUT2D eigenvalue weighted by Crippen LogP contribution is -1.99. The molecule has 4 rings (SSSR count). The standard InChI is InChI=1S/C16H14IN3/c17-11-3-6-13(7-4-11)20-15-8-5-12(18)9-14(15)19-16(20)10-1-2-10/h3-10H,1-2,18H2. The maximum Gasteiger partial charge on any atom is 0.117 e. The van der Waals surface area contributed by atoms with Crippen LogP contribution in [0.1, 0.15) is 24.6 Å². The molecule has 0 radical (unpaired) electrons. The Bertz CT molecular complexity index is 785. The number of rotatable bonds is 2. The molecular formula is C16H14IN3. The molecule has 1 fully saturated rings. The van der Waals surface area contributed by atoms with E-state index >= 15 is 0 Å². The predicted octanol–water partition coefficient (Wildman–Crippen LogP) is 4.09. The predicted molar refractivity (Wildman–Crippen MR) is 90.2 cm³/mol. The number of fused-ring (bicyclic) bond motifs is 1. The molecular weight excluding hydrogens is 361 g/mol. The third-order valence-electron chi connectivity index (χ3n) is 3.73. The van der Waals surface area contributed by atoms with Gasteiger partial charge in [0.25, 0.3) is 0 Å². The summed E-state index contributed by atoms with van der Waals surface area (Å²) in [4.78, 5) is 4.82. The summed E-state index contributed by atoms with van der Waals surface area (Å²) in [6.07, 6.45) is 2.48. The number of benzene rings is 2. The molecule has 100 valence electrons. The summed E-state index contributed by atoms with van der Waals surface area (Å²) >= 11 is 2.33. The molecule has 0 amide bonds. The number of hydrogen-bond donors (Lipinski definition) is 1. The number of halogens is 1. The Hall–Kier alpha value is -1.56. The van der Waals surface area contributed by atoms with Crippen LogP contribution in [0.15, 0.2) is 42.5 Å². The zero-order chi connectivity index (χ0) is 13.7. The smallest absolute Gasteiger partial charge is 0.117 e. The molecule has 1 saturated carbocycles. The van der Waals surface area contributed by atoms with Crippen LogP contribution in [0.5, 0.6) is 0 Å². The SMILES string of the molecule is Nc1ccc2c(c1)nc(C1CC1)n2-c1ccc(I)cc1. The molecule has 1 heterocycles. The van der Waals surface area contributed by atoms with Crippen LogP contribution in [0.25, 0.3) is 16.7 Å². The van der Waals surface area contributed by atoms with Gasteiger partial charge in [-0.15, -0.1) is 0 Å². The maximum atomic E-state index is 5.88. The van der Waals surface area contributed by atoms with Gasteiger partial charge in [-0.05, 0) is 77.9 Å². The maximum absolute atomic E-state index is 5.88.